The van der Waals surface area contributed by atoms with Crippen molar-refractivity contribution in [2.75, 3.05) is 6.79 Å². The Hall–Kier alpha value is -2.41. The van der Waals surface area contributed by atoms with Crippen molar-refractivity contribution in [3.05, 3.63) is 28.9 Å². The molecular weight excluding hydrogens is 314 g/mol. The van der Waals surface area contributed by atoms with Crippen molar-refractivity contribution in [2.45, 2.75) is 26.2 Å². The second-order valence-corrected chi connectivity index (χ2v) is 7.34. The SMILES string of the molecule is CC(C)(C)c1nn2c(C=O)c(-c3ccc4c(c3)OCO4)nc2s1. The first-order chi connectivity index (χ1) is 11.0. The molecule has 0 saturated heterocycles. The Bertz CT molecular complexity index is 921. The highest BCUT2D eigenvalue weighted by Crippen LogP contribution is 2.37. The maximum atomic E-state index is 11.6. The summed E-state index contributed by atoms with van der Waals surface area (Å²) < 4.78 is 12.3. The molecule has 0 saturated carbocycles. The van der Waals surface area contributed by atoms with Gasteiger partial charge in [-0.15, -0.1) is 0 Å². The number of imidazole rings is 1. The molecule has 0 N–H and O–H groups in total. The number of rotatable bonds is 2. The molecule has 0 fully saturated rings. The Labute approximate surface area is 136 Å². The second-order valence-electron chi connectivity index (χ2n) is 6.38. The maximum absolute atomic E-state index is 11.6. The van der Waals surface area contributed by atoms with E-state index in [2.05, 4.69) is 30.9 Å². The van der Waals surface area contributed by atoms with Crippen LogP contribution in [0.5, 0.6) is 11.5 Å². The molecule has 23 heavy (non-hydrogen) atoms. The van der Waals surface area contributed by atoms with Gasteiger partial charge in [0.1, 0.15) is 16.4 Å². The molecule has 0 spiro atoms. The van der Waals surface area contributed by atoms with E-state index >= 15 is 0 Å². The van der Waals surface area contributed by atoms with Crippen molar-refractivity contribution in [2.24, 2.45) is 0 Å². The molecule has 0 aliphatic carbocycles. The average molecular weight is 329 g/mol. The van der Waals surface area contributed by atoms with Gasteiger partial charge in [0.2, 0.25) is 11.8 Å². The number of ether oxygens (including phenoxy) is 2. The highest BCUT2D eigenvalue weighted by atomic mass is 32.1. The van der Waals surface area contributed by atoms with E-state index in [-0.39, 0.29) is 12.2 Å². The van der Waals surface area contributed by atoms with Gasteiger partial charge in [0.15, 0.2) is 17.8 Å². The largest absolute Gasteiger partial charge is 0.454 e. The summed E-state index contributed by atoms with van der Waals surface area (Å²) in [6.07, 6.45) is 0.798. The zero-order chi connectivity index (χ0) is 16.2. The van der Waals surface area contributed by atoms with Crippen LogP contribution in [0.4, 0.5) is 0 Å². The normalized spacial score (nSPS) is 13.7. The molecule has 0 radical (unpaired) electrons. The standard InChI is InChI=1S/C16H15N3O3S/c1-16(2,3)14-18-19-10(7-20)13(17-15(19)23-14)9-4-5-11-12(6-9)22-8-21-11/h4-7H,8H2,1-3H3. The summed E-state index contributed by atoms with van der Waals surface area (Å²) >= 11 is 1.50. The Balaban J connectivity index is 1.87. The van der Waals surface area contributed by atoms with Crippen LogP contribution in [0.1, 0.15) is 36.3 Å². The molecule has 7 heteroatoms. The van der Waals surface area contributed by atoms with Crippen LogP contribution in [0.3, 0.4) is 0 Å². The van der Waals surface area contributed by atoms with E-state index in [1.165, 1.54) is 11.3 Å². The molecular formula is C16H15N3O3S. The third kappa shape index (κ3) is 2.19. The number of aromatic nitrogens is 3. The third-order valence-electron chi connectivity index (χ3n) is 3.64. The summed E-state index contributed by atoms with van der Waals surface area (Å²) in [5.41, 5.74) is 1.79. The van der Waals surface area contributed by atoms with Crippen molar-refractivity contribution in [1.29, 1.82) is 0 Å². The summed E-state index contributed by atoms with van der Waals surface area (Å²) in [5, 5.41) is 5.50. The minimum atomic E-state index is -0.0789. The minimum Gasteiger partial charge on any atom is -0.454 e. The van der Waals surface area contributed by atoms with Gasteiger partial charge in [-0.1, -0.05) is 32.1 Å². The van der Waals surface area contributed by atoms with E-state index in [1.807, 2.05) is 18.2 Å². The fraction of sp³-hybridized carbons (Fsp3) is 0.312. The van der Waals surface area contributed by atoms with Gasteiger partial charge < -0.3 is 9.47 Å². The lowest BCUT2D eigenvalue weighted by molar-refractivity contribution is 0.111. The van der Waals surface area contributed by atoms with E-state index in [0.717, 1.165) is 16.9 Å². The molecule has 1 aromatic carbocycles. The van der Waals surface area contributed by atoms with Crippen molar-refractivity contribution >= 4 is 22.6 Å². The van der Waals surface area contributed by atoms with Gasteiger partial charge in [0.25, 0.3) is 0 Å². The summed E-state index contributed by atoms with van der Waals surface area (Å²) in [4.78, 5) is 16.9. The first kappa shape index (κ1) is 14.2. The van der Waals surface area contributed by atoms with Crippen molar-refractivity contribution in [1.82, 2.24) is 14.6 Å². The first-order valence-corrected chi connectivity index (χ1v) is 8.04. The number of fused-ring (bicyclic) bond motifs is 2. The van der Waals surface area contributed by atoms with Crippen molar-refractivity contribution in [3.63, 3.8) is 0 Å². The number of nitrogens with zero attached hydrogens (tertiary/aromatic N) is 3. The number of aldehydes is 1. The van der Waals surface area contributed by atoms with Crippen LogP contribution in [-0.2, 0) is 5.41 Å². The average Bonchev–Trinajstić information content (AvgIpc) is 3.18. The van der Waals surface area contributed by atoms with Crippen LogP contribution in [-0.4, -0.2) is 27.7 Å². The van der Waals surface area contributed by atoms with Crippen LogP contribution in [0, 0.1) is 0 Å². The quantitative estimate of drug-likeness (QED) is 0.675. The van der Waals surface area contributed by atoms with Crippen LogP contribution < -0.4 is 9.47 Å². The van der Waals surface area contributed by atoms with Gasteiger partial charge in [0, 0.05) is 11.0 Å². The molecule has 4 rings (SSSR count). The second kappa shape index (κ2) is 4.79. The number of hydrogen-bond donors (Lipinski definition) is 0. The topological polar surface area (TPSA) is 65.7 Å². The molecule has 0 atom stereocenters. The van der Waals surface area contributed by atoms with Gasteiger partial charge in [-0.2, -0.15) is 9.61 Å². The van der Waals surface area contributed by atoms with Crippen LogP contribution in [0.15, 0.2) is 18.2 Å². The van der Waals surface area contributed by atoms with Gasteiger partial charge in [0.05, 0.1) is 0 Å². The zero-order valence-corrected chi connectivity index (χ0v) is 13.8. The highest BCUT2D eigenvalue weighted by molar-refractivity contribution is 7.16. The minimum absolute atomic E-state index is 0.0789. The van der Waals surface area contributed by atoms with E-state index in [1.54, 1.807) is 4.52 Å². The maximum Gasteiger partial charge on any atom is 0.231 e. The van der Waals surface area contributed by atoms with E-state index in [9.17, 15) is 4.79 Å². The summed E-state index contributed by atoms with van der Waals surface area (Å²) in [7, 11) is 0. The van der Waals surface area contributed by atoms with Gasteiger partial charge in [-0.05, 0) is 18.2 Å². The zero-order valence-electron chi connectivity index (χ0n) is 13.0. The van der Waals surface area contributed by atoms with Crippen molar-refractivity contribution < 1.29 is 14.3 Å². The van der Waals surface area contributed by atoms with Crippen molar-refractivity contribution in [3.8, 4) is 22.8 Å². The smallest absolute Gasteiger partial charge is 0.231 e. The lowest BCUT2D eigenvalue weighted by Crippen LogP contribution is -2.11. The predicted molar refractivity (Wildman–Crippen MR) is 86.5 cm³/mol. The molecule has 0 bridgehead atoms. The molecule has 118 valence electrons. The molecule has 6 nitrogen and oxygen atoms in total. The van der Waals surface area contributed by atoms with Gasteiger partial charge >= 0.3 is 0 Å². The monoisotopic (exact) mass is 329 g/mol. The molecule has 0 amide bonds. The molecule has 1 aliphatic rings. The molecule has 3 aromatic rings. The number of hydrogen-bond acceptors (Lipinski definition) is 6. The number of carbonyl (C=O) groups is 1. The Morgan fingerprint density at radius 1 is 1.26 bits per heavy atom. The van der Waals surface area contributed by atoms with E-state index in [4.69, 9.17) is 9.47 Å². The van der Waals surface area contributed by atoms with E-state index in [0.29, 0.717) is 27.8 Å². The Kier molecular flexibility index (Phi) is 2.96. The lowest BCUT2D eigenvalue weighted by Gasteiger charge is -2.12. The van der Waals surface area contributed by atoms with E-state index < -0.39 is 0 Å². The van der Waals surface area contributed by atoms with Crippen LogP contribution in [0.25, 0.3) is 16.2 Å². The molecule has 3 heterocycles. The van der Waals surface area contributed by atoms with Gasteiger partial charge in [-0.3, -0.25) is 4.79 Å². The third-order valence-corrected chi connectivity index (χ3v) is 4.97. The number of carbonyl (C=O) groups excluding carboxylic acids is 1. The summed E-state index contributed by atoms with van der Waals surface area (Å²) in [6, 6.07) is 5.54. The lowest BCUT2D eigenvalue weighted by atomic mass is 9.98. The molecule has 1 aliphatic heterocycles. The molecule has 2 aromatic heterocycles. The Morgan fingerprint density at radius 2 is 2.04 bits per heavy atom. The fourth-order valence-corrected chi connectivity index (χ4v) is 3.39. The van der Waals surface area contributed by atoms with Crippen LogP contribution in [0.2, 0.25) is 0 Å². The fourth-order valence-electron chi connectivity index (χ4n) is 2.43. The Morgan fingerprint density at radius 3 is 2.78 bits per heavy atom. The summed E-state index contributed by atoms with van der Waals surface area (Å²) in [5.74, 6) is 1.37. The number of benzene rings is 1. The highest BCUT2D eigenvalue weighted by Gasteiger charge is 2.24. The summed E-state index contributed by atoms with van der Waals surface area (Å²) in [6.45, 7) is 6.48. The predicted octanol–water partition coefficient (Wildman–Crippen LogP) is 3.30. The molecule has 0 unspecified atom stereocenters. The first-order valence-electron chi connectivity index (χ1n) is 7.22. The van der Waals surface area contributed by atoms with Gasteiger partial charge in [-0.25, -0.2) is 4.98 Å². The van der Waals surface area contributed by atoms with Crippen LogP contribution >= 0.6 is 11.3 Å².